The monoisotopic (exact) mass is 492 g/mol. The van der Waals surface area contributed by atoms with Crippen LogP contribution in [0.15, 0.2) is 77.7 Å². The van der Waals surface area contributed by atoms with Crippen molar-refractivity contribution in [2.75, 3.05) is 25.0 Å². The van der Waals surface area contributed by atoms with Gasteiger partial charge in [0.2, 0.25) is 5.91 Å². The van der Waals surface area contributed by atoms with Gasteiger partial charge in [0, 0.05) is 23.6 Å². The SMILES string of the molecule is COc1ccc(S(=O)(=O)N(CC(=O)N(C)Cc2ccc(Cl)cc2)c2ccc(Cl)cc2)cc1. The van der Waals surface area contributed by atoms with E-state index in [0.29, 0.717) is 28.0 Å². The standard InChI is InChI=1S/C23H22Cl2N2O4S/c1-26(15-17-3-5-18(24)6-4-17)23(28)16-27(20-9-7-19(25)8-10-20)32(29,30)22-13-11-21(31-2)12-14-22/h3-14H,15-16H2,1-2H3. The minimum atomic E-state index is -4.03. The van der Waals surface area contributed by atoms with Crippen LogP contribution in [0.3, 0.4) is 0 Å². The van der Waals surface area contributed by atoms with Gasteiger partial charge in [-0.05, 0) is 66.2 Å². The average Bonchev–Trinajstić information content (AvgIpc) is 2.79. The van der Waals surface area contributed by atoms with Crippen molar-refractivity contribution in [2.45, 2.75) is 11.4 Å². The van der Waals surface area contributed by atoms with Crippen molar-refractivity contribution in [3.05, 3.63) is 88.4 Å². The van der Waals surface area contributed by atoms with E-state index in [1.807, 2.05) is 12.1 Å². The summed E-state index contributed by atoms with van der Waals surface area (Å²) in [5, 5.41) is 1.06. The fourth-order valence-electron chi connectivity index (χ4n) is 2.99. The molecule has 0 atom stereocenters. The Hall–Kier alpha value is -2.74. The number of sulfonamides is 1. The van der Waals surface area contributed by atoms with Crippen LogP contribution in [-0.4, -0.2) is 39.9 Å². The third kappa shape index (κ3) is 5.73. The molecule has 3 aromatic rings. The highest BCUT2D eigenvalue weighted by Crippen LogP contribution is 2.26. The molecule has 0 aliphatic heterocycles. The van der Waals surface area contributed by atoms with E-state index in [2.05, 4.69) is 0 Å². The molecule has 32 heavy (non-hydrogen) atoms. The first kappa shape index (κ1) is 23.9. The van der Waals surface area contributed by atoms with Gasteiger partial charge in [0.05, 0.1) is 17.7 Å². The fraction of sp³-hybridized carbons (Fsp3) is 0.174. The molecular weight excluding hydrogens is 471 g/mol. The van der Waals surface area contributed by atoms with Crippen molar-refractivity contribution in [2.24, 2.45) is 0 Å². The third-order valence-corrected chi connectivity index (χ3v) is 7.09. The molecule has 0 radical (unpaired) electrons. The second kappa shape index (κ2) is 10.3. The molecule has 168 valence electrons. The van der Waals surface area contributed by atoms with Gasteiger partial charge in [-0.2, -0.15) is 0 Å². The highest BCUT2D eigenvalue weighted by molar-refractivity contribution is 7.92. The van der Waals surface area contributed by atoms with Crippen molar-refractivity contribution >= 4 is 44.8 Å². The first-order valence-corrected chi connectivity index (χ1v) is 11.8. The normalized spacial score (nSPS) is 11.1. The largest absolute Gasteiger partial charge is 0.497 e. The molecule has 0 spiro atoms. The van der Waals surface area contributed by atoms with Crippen molar-refractivity contribution in [3.8, 4) is 5.75 Å². The third-order valence-electron chi connectivity index (χ3n) is 4.80. The molecule has 0 saturated carbocycles. The molecule has 0 N–H and O–H groups in total. The lowest BCUT2D eigenvalue weighted by Crippen LogP contribution is -2.41. The molecule has 1 amide bonds. The lowest BCUT2D eigenvalue weighted by Gasteiger charge is -2.27. The Morgan fingerprint density at radius 2 is 1.41 bits per heavy atom. The molecule has 0 heterocycles. The zero-order valence-electron chi connectivity index (χ0n) is 17.5. The molecule has 0 saturated heterocycles. The van der Waals surface area contributed by atoms with Gasteiger partial charge in [0.15, 0.2) is 0 Å². The Labute approximate surface area is 198 Å². The van der Waals surface area contributed by atoms with Crippen LogP contribution >= 0.6 is 23.2 Å². The zero-order valence-corrected chi connectivity index (χ0v) is 19.9. The maximum absolute atomic E-state index is 13.4. The first-order chi connectivity index (χ1) is 15.2. The lowest BCUT2D eigenvalue weighted by atomic mass is 10.2. The van der Waals surface area contributed by atoms with E-state index < -0.39 is 10.0 Å². The highest BCUT2D eigenvalue weighted by atomic mass is 35.5. The van der Waals surface area contributed by atoms with Crippen LogP contribution in [-0.2, 0) is 21.4 Å². The van der Waals surface area contributed by atoms with Crippen LogP contribution < -0.4 is 9.04 Å². The van der Waals surface area contributed by atoms with Gasteiger partial charge in [-0.25, -0.2) is 8.42 Å². The van der Waals surface area contributed by atoms with Crippen LogP contribution in [0.25, 0.3) is 0 Å². The molecule has 3 rings (SSSR count). The molecule has 0 aliphatic rings. The van der Waals surface area contributed by atoms with E-state index in [1.54, 1.807) is 55.6 Å². The highest BCUT2D eigenvalue weighted by Gasteiger charge is 2.28. The lowest BCUT2D eigenvalue weighted by molar-refractivity contribution is -0.128. The van der Waals surface area contributed by atoms with Crippen LogP contribution in [0.2, 0.25) is 10.0 Å². The number of carbonyl (C=O) groups is 1. The number of likely N-dealkylation sites (N-methyl/N-ethyl adjacent to an activating group) is 1. The van der Waals surface area contributed by atoms with Gasteiger partial charge >= 0.3 is 0 Å². The number of hydrogen-bond donors (Lipinski definition) is 0. The molecule has 0 aromatic heterocycles. The summed E-state index contributed by atoms with van der Waals surface area (Å²) < 4.78 is 33.1. The number of benzene rings is 3. The van der Waals surface area contributed by atoms with Gasteiger partial charge < -0.3 is 9.64 Å². The van der Waals surface area contributed by atoms with Crippen LogP contribution in [0.4, 0.5) is 5.69 Å². The summed E-state index contributed by atoms with van der Waals surface area (Å²) in [6, 6.07) is 19.4. The Morgan fingerprint density at radius 3 is 1.94 bits per heavy atom. The number of rotatable bonds is 8. The minimum Gasteiger partial charge on any atom is -0.497 e. The summed E-state index contributed by atoms with van der Waals surface area (Å²) in [5.41, 5.74) is 1.21. The minimum absolute atomic E-state index is 0.0430. The van der Waals surface area contributed by atoms with E-state index in [9.17, 15) is 13.2 Å². The zero-order chi connectivity index (χ0) is 23.3. The van der Waals surface area contributed by atoms with Gasteiger partial charge in [0.25, 0.3) is 10.0 Å². The number of ether oxygens (including phenoxy) is 1. The van der Waals surface area contributed by atoms with Crippen molar-refractivity contribution in [1.29, 1.82) is 0 Å². The molecule has 0 unspecified atom stereocenters. The second-order valence-corrected chi connectivity index (χ2v) is 9.78. The van der Waals surface area contributed by atoms with Crippen LogP contribution in [0.5, 0.6) is 5.75 Å². The molecule has 9 heteroatoms. The summed E-state index contributed by atoms with van der Waals surface area (Å²) in [5.74, 6) is 0.160. The molecule has 0 bridgehead atoms. The maximum atomic E-state index is 13.4. The van der Waals surface area contributed by atoms with E-state index >= 15 is 0 Å². The van der Waals surface area contributed by atoms with Crippen molar-refractivity contribution in [1.82, 2.24) is 4.90 Å². The predicted octanol–water partition coefficient (Wildman–Crippen LogP) is 4.86. The topological polar surface area (TPSA) is 66.9 Å². The molecule has 0 aliphatic carbocycles. The molecule has 6 nitrogen and oxygen atoms in total. The number of hydrogen-bond acceptors (Lipinski definition) is 4. The molecule has 3 aromatic carbocycles. The quantitative estimate of drug-likeness (QED) is 0.450. The average molecular weight is 493 g/mol. The number of anilines is 1. The van der Waals surface area contributed by atoms with Gasteiger partial charge in [-0.15, -0.1) is 0 Å². The van der Waals surface area contributed by atoms with Crippen molar-refractivity contribution < 1.29 is 17.9 Å². The number of amides is 1. The summed E-state index contributed by atoms with van der Waals surface area (Å²) in [7, 11) is -0.909. The maximum Gasteiger partial charge on any atom is 0.264 e. The van der Waals surface area contributed by atoms with Crippen LogP contribution in [0.1, 0.15) is 5.56 Å². The van der Waals surface area contributed by atoms with E-state index in [0.717, 1.165) is 9.87 Å². The molecule has 0 fully saturated rings. The Morgan fingerprint density at radius 1 is 0.875 bits per heavy atom. The number of nitrogens with zero attached hydrogens (tertiary/aromatic N) is 2. The van der Waals surface area contributed by atoms with Gasteiger partial charge in [0.1, 0.15) is 12.3 Å². The summed E-state index contributed by atoms with van der Waals surface area (Å²) in [4.78, 5) is 14.5. The van der Waals surface area contributed by atoms with Gasteiger partial charge in [-0.3, -0.25) is 9.10 Å². The Kier molecular flexibility index (Phi) is 7.66. The molecular formula is C23H22Cl2N2O4S. The van der Waals surface area contributed by atoms with E-state index in [4.69, 9.17) is 27.9 Å². The summed E-state index contributed by atoms with van der Waals surface area (Å²) in [6.45, 7) is -0.0624. The smallest absolute Gasteiger partial charge is 0.264 e. The number of halogens is 2. The summed E-state index contributed by atoms with van der Waals surface area (Å²) >= 11 is 11.9. The fourth-order valence-corrected chi connectivity index (χ4v) is 4.66. The second-order valence-electron chi connectivity index (χ2n) is 7.04. The number of methoxy groups -OCH3 is 1. The van der Waals surface area contributed by atoms with Crippen LogP contribution in [0, 0.1) is 0 Å². The first-order valence-electron chi connectivity index (χ1n) is 9.61. The van der Waals surface area contributed by atoms with Crippen molar-refractivity contribution in [3.63, 3.8) is 0 Å². The van der Waals surface area contributed by atoms with E-state index in [1.165, 1.54) is 24.1 Å². The number of carbonyl (C=O) groups excluding carboxylic acids is 1. The predicted molar refractivity (Wildman–Crippen MR) is 127 cm³/mol. The Balaban J connectivity index is 1.89. The van der Waals surface area contributed by atoms with Gasteiger partial charge in [-0.1, -0.05) is 35.3 Å². The summed E-state index contributed by atoms with van der Waals surface area (Å²) in [6.07, 6.45) is 0. The Bertz CT molecular complexity index is 1170. The van der Waals surface area contributed by atoms with E-state index in [-0.39, 0.29) is 17.3 Å².